The van der Waals surface area contributed by atoms with Crippen LogP contribution in [-0.2, 0) is 6.42 Å². The van der Waals surface area contributed by atoms with Gasteiger partial charge >= 0.3 is 0 Å². The van der Waals surface area contributed by atoms with E-state index in [1.165, 1.54) is 24.3 Å². The maximum absolute atomic E-state index is 13.2. The normalized spacial score (nSPS) is 11.6. The third-order valence-corrected chi connectivity index (χ3v) is 5.37. The molecule has 1 atom stereocenters. The van der Waals surface area contributed by atoms with Gasteiger partial charge in [-0.25, -0.2) is 9.53 Å². The zero-order chi connectivity index (χ0) is 24.2. The number of ketones is 1. The number of non-ortho nitro benzene ring substituents is 1. The lowest BCUT2D eigenvalue weighted by atomic mass is 9.97. The van der Waals surface area contributed by atoms with E-state index in [-0.39, 0.29) is 17.9 Å². The monoisotopic (exact) mass is 452 g/mol. The summed E-state index contributed by atoms with van der Waals surface area (Å²) in [6.45, 7) is 9.02. The van der Waals surface area contributed by atoms with E-state index in [1.807, 2.05) is 0 Å². The maximum Gasteiger partial charge on any atom is 0.269 e. The number of hydrogen-bond donors (Lipinski definition) is 1. The molecule has 8 heteroatoms. The van der Waals surface area contributed by atoms with Crippen molar-refractivity contribution in [1.29, 1.82) is 0 Å². The number of hydrogen-bond acceptors (Lipinski definition) is 5. The standard InChI is InChI=1S/C26H20N4O4/c1-17-13-24(29(28-17)23-8-4-7-21(16-23)27-2)25(31)15-18-5-3-6-20(14-18)26(32)19-9-11-22(12-10-19)30(33)34/h3-14,16,26,32H,15H2,1H3. The molecule has 0 amide bonds. The molecule has 1 heterocycles. The second-order valence-electron chi connectivity index (χ2n) is 7.81. The average molecular weight is 452 g/mol. The van der Waals surface area contributed by atoms with Gasteiger partial charge in [0.15, 0.2) is 11.5 Å². The number of aliphatic hydroxyl groups is 1. The lowest BCUT2D eigenvalue weighted by Crippen LogP contribution is -2.11. The Morgan fingerprint density at radius 2 is 1.82 bits per heavy atom. The fraction of sp³-hybridized carbons (Fsp3) is 0.115. The summed E-state index contributed by atoms with van der Waals surface area (Å²) < 4.78 is 1.54. The zero-order valence-corrected chi connectivity index (χ0v) is 18.3. The average Bonchev–Trinajstić information content (AvgIpc) is 3.25. The number of nitrogens with zero attached hydrogens (tertiary/aromatic N) is 4. The number of aliphatic hydroxyl groups excluding tert-OH is 1. The number of aryl methyl sites for hydroxylation is 1. The number of rotatable bonds is 7. The summed E-state index contributed by atoms with van der Waals surface area (Å²) in [7, 11) is 0. The molecule has 34 heavy (non-hydrogen) atoms. The molecule has 3 aromatic carbocycles. The molecule has 4 rings (SSSR count). The highest BCUT2D eigenvalue weighted by molar-refractivity contribution is 5.96. The second kappa shape index (κ2) is 9.48. The van der Waals surface area contributed by atoms with Gasteiger partial charge < -0.3 is 5.11 Å². The summed E-state index contributed by atoms with van der Waals surface area (Å²) in [5.74, 6) is -0.157. The van der Waals surface area contributed by atoms with Crippen LogP contribution < -0.4 is 0 Å². The van der Waals surface area contributed by atoms with E-state index >= 15 is 0 Å². The molecule has 0 aliphatic rings. The third-order valence-electron chi connectivity index (χ3n) is 5.37. The molecular weight excluding hydrogens is 432 g/mol. The summed E-state index contributed by atoms with van der Waals surface area (Å²) in [5.41, 5.74) is 3.92. The summed E-state index contributed by atoms with van der Waals surface area (Å²) >= 11 is 0. The Kier molecular flexibility index (Phi) is 6.30. The van der Waals surface area contributed by atoms with Crippen molar-refractivity contribution in [2.45, 2.75) is 19.4 Å². The molecule has 0 bridgehead atoms. The van der Waals surface area contributed by atoms with Gasteiger partial charge in [-0.2, -0.15) is 5.10 Å². The van der Waals surface area contributed by atoms with Gasteiger partial charge in [-0.15, -0.1) is 0 Å². The van der Waals surface area contributed by atoms with Gasteiger partial charge in [0.2, 0.25) is 0 Å². The molecule has 1 aromatic heterocycles. The van der Waals surface area contributed by atoms with Crippen molar-refractivity contribution in [3.63, 3.8) is 0 Å². The summed E-state index contributed by atoms with van der Waals surface area (Å²) in [6, 6.07) is 21.4. The van der Waals surface area contributed by atoms with Crippen LogP contribution in [0.15, 0.2) is 78.9 Å². The second-order valence-corrected chi connectivity index (χ2v) is 7.81. The minimum Gasteiger partial charge on any atom is -0.384 e. The number of Topliss-reactive ketones (excluding diaryl/α,β-unsaturated/α-hetero) is 1. The highest BCUT2D eigenvalue weighted by Gasteiger charge is 2.18. The van der Waals surface area contributed by atoms with Crippen LogP contribution in [-0.4, -0.2) is 25.6 Å². The highest BCUT2D eigenvalue weighted by Crippen LogP contribution is 2.25. The molecule has 0 aliphatic heterocycles. The molecule has 0 saturated heterocycles. The van der Waals surface area contributed by atoms with Crippen LogP contribution in [0.25, 0.3) is 10.5 Å². The van der Waals surface area contributed by atoms with Crippen LogP contribution in [0.3, 0.4) is 0 Å². The SMILES string of the molecule is [C-]#[N+]c1cccc(-n2nc(C)cc2C(=O)Cc2cccc(C(O)c3ccc([N+](=O)[O-])cc3)c2)c1. The summed E-state index contributed by atoms with van der Waals surface area (Å²) in [6.07, 6.45) is -0.894. The Morgan fingerprint density at radius 3 is 2.53 bits per heavy atom. The van der Waals surface area contributed by atoms with Gasteiger partial charge in [0.05, 0.1) is 22.9 Å². The summed E-state index contributed by atoms with van der Waals surface area (Å²) in [4.78, 5) is 27.0. The van der Waals surface area contributed by atoms with E-state index in [4.69, 9.17) is 6.57 Å². The Hall–Kier alpha value is -4.61. The van der Waals surface area contributed by atoms with Crippen molar-refractivity contribution < 1.29 is 14.8 Å². The van der Waals surface area contributed by atoms with Crippen LogP contribution in [0.2, 0.25) is 0 Å². The number of benzene rings is 3. The van der Waals surface area contributed by atoms with E-state index in [2.05, 4.69) is 9.94 Å². The smallest absolute Gasteiger partial charge is 0.269 e. The minimum atomic E-state index is -0.986. The quantitative estimate of drug-likeness (QED) is 0.181. The van der Waals surface area contributed by atoms with E-state index in [0.29, 0.717) is 39.5 Å². The van der Waals surface area contributed by atoms with Gasteiger partial charge in [-0.3, -0.25) is 14.9 Å². The van der Waals surface area contributed by atoms with Crippen molar-refractivity contribution in [2.75, 3.05) is 0 Å². The fourth-order valence-corrected chi connectivity index (χ4v) is 3.71. The predicted octanol–water partition coefficient (Wildman–Crippen LogP) is 5.15. The molecule has 0 radical (unpaired) electrons. The zero-order valence-electron chi connectivity index (χ0n) is 18.3. The topological polar surface area (TPSA) is 103 Å². The molecule has 0 fully saturated rings. The lowest BCUT2D eigenvalue weighted by molar-refractivity contribution is -0.384. The van der Waals surface area contributed by atoms with Crippen molar-refractivity contribution in [1.82, 2.24) is 9.78 Å². The largest absolute Gasteiger partial charge is 0.384 e. The first-order valence-electron chi connectivity index (χ1n) is 10.4. The number of nitro benzene ring substituents is 1. The van der Waals surface area contributed by atoms with Crippen LogP contribution >= 0.6 is 0 Å². The van der Waals surface area contributed by atoms with Crippen molar-refractivity contribution >= 4 is 17.2 Å². The molecular formula is C26H20N4O4. The van der Waals surface area contributed by atoms with Crippen LogP contribution in [0.5, 0.6) is 0 Å². The lowest BCUT2D eigenvalue weighted by Gasteiger charge is -2.13. The minimum absolute atomic E-state index is 0.0517. The number of carbonyl (C=O) groups is 1. The maximum atomic E-state index is 13.2. The molecule has 0 aliphatic carbocycles. The molecule has 1 unspecified atom stereocenters. The van der Waals surface area contributed by atoms with Crippen LogP contribution in [0.4, 0.5) is 11.4 Å². The molecule has 168 valence electrons. The summed E-state index contributed by atoms with van der Waals surface area (Å²) in [5, 5.41) is 26.0. The first-order valence-corrected chi connectivity index (χ1v) is 10.4. The van der Waals surface area contributed by atoms with Crippen LogP contribution in [0, 0.1) is 23.6 Å². The Balaban J connectivity index is 1.58. The Bertz CT molecular complexity index is 1420. The number of nitro groups is 1. The van der Waals surface area contributed by atoms with Gasteiger partial charge in [0, 0.05) is 18.6 Å². The molecule has 0 saturated carbocycles. The van der Waals surface area contributed by atoms with Crippen LogP contribution in [0.1, 0.15) is 39.0 Å². The van der Waals surface area contributed by atoms with E-state index in [0.717, 1.165) is 0 Å². The van der Waals surface area contributed by atoms with Crippen molar-refractivity contribution in [2.24, 2.45) is 0 Å². The first-order chi connectivity index (χ1) is 16.4. The third kappa shape index (κ3) is 4.75. The van der Waals surface area contributed by atoms with Gasteiger partial charge in [0.1, 0.15) is 11.8 Å². The van der Waals surface area contributed by atoms with Crippen molar-refractivity contribution in [3.8, 4) is 5.69 Å². The Morgan fingerprint density at radius 1 is 1.09 bits per heavy atom. The van der Waals surface area contributed by atoms with Gasteiger partial charge in [-0.05, 0) is 53.9 Å². The van der Waals surface area contributed by atoms with Gasteiger partial charge in [-0.1, -0.05) is 36.4 Å². The fourth-order valence-electron chi connectivity index (χ4n) is 3.71. The van der Waals surface area contributed by atoms with E-state index in [1.54, 1.807) is 66.2 Å². The van der Waals surface area contributed by atoms with E-state index < -0.39 is 11.0 Å². The first kappa shape index (κ1) is 22.6. The Labute approximate surface area is 195 Å². The molecule has 0 spiro atoms. The van der Waals surface area contributed by atoms with Crippen molar-refractivity contribution in [3.05, 3.63) is 128 Å². The molecule has 4 aromatic rings. The predicted molar refractivity (Wildman–Crippen MR) is 126 cm³/mol. The van der Waals surface area contributed by atoms with Gasteiger partial charge in [0.25, 0.3) is 5.69 Å². The number of carbonyl (C=O) groups excluding carboxylic acids is 1. The molecule has 1 N–H and O–H groups in total. The highest BCUT2D eigenvalue weighted by atomic mass is 16.6. The molecule has 8 nitrogen and oxygen atoms in total. The number of aromatic nitrogens is 2. The van der Waals surface area contributed by atoms with E-state index in [9.17, 15) is 20.0 Å².